The van der Waals surface area contributed by atoms with Gasteiger partial charge in [-0.1, -0.05) is 6.07 Å². The van der Waals surface area contributed by atoms with Crippen LogP contribution in [0.1, 0.15) is 10.4 Å². The van der Waals surface area contributed by atoms with Crippen molar-refractivity contribution in [2.75, 3.05) is 7.11 Å². The van der Waals surface area contributed by atoms with Gasteiger partial charge in [-0.05, 0) is 18.2 Å². The van der Waals surface area contributed by atoms with Crippen molar-refractivity contribution in [1.29, 1.82) is 0 Å². The zero-order valence-electron chi connectivity index (χ0n) is 12.2. The highest BCUT2D eigenvalue weighted by Gasteiger charge is 2.18. The van der Waals surface area contributed by atoms with Crippen LogP contribution in [0.5, 0.6) is 5.75 Å². The van der Waals surface area contributed by atoms with Crippen LogP contribution >= 0.6 is 0 Å². The topological polar surface area (TPSA) is 116 Å². The molecule has 0 aliphatic heterocycles. The predicted octanol–water partition coefficient (Wildman–Crippen LogP) is 0.730. The maximum absolute atomic E-state index is 12.4. The number of nitrogens with two attached hydrogens (primary N) is 1. The number of methoxy groups -OCH3 is 1. The van der Waals surface area contributed by atoms with Crippen molar-refractivity contribution in [3.8, 4) is 22.8 Å². The van der Waals surface area contributed by atoms with E-state index >= 15 is 0 Å². The molecule has 0 atom stereocenters. The standard InChI is InChI=1S/C15H13N5O3/c1-23-11-5-2-4-9(13(16)21)12(11)10-8-17-15(19-14(10)22)20-7-3-6-18-20/h2-8H,1H3,(H2,16,21)(H,17,19,22). The lowest BCUT2D eigenvalue weighted by molar-refractivity contribution is 0.100. The number of nitrogens with zero attached hydrogens (tertiary/aromatic N) is 3. The van der Waals surface area contributed by atoms with Crippen LogP contribution < -0.4 is 16.0 Å². The highest BCUT2D eigenvalue weighted by Crippen LogP contribution is 2.30. The molecule has 3 N–H and O–H groups in total. The fourth-order valence-electron chi connectivity index (χ4n) is 2.26. The minimum absolute atomic E-state index is 0.184. The fourth-order valence-corrected chi connectivity index (χ4v) is 2.26. The van der Waals surface area contributed by atoms with Crippen molar-refractivity contribution in [3.05, 3.63) is 58.8 Å². The van der Waals surface area contributed by atoms with Crippen molar-refractivity contribution in [2.45, 2.75) is 0 Å². The van der Waals surface area contributed by atoms with Crippen molar-refractivity contribution in [3.63, 3.8) is 0 Å². The second-order valence-corrected chi connectivity index (χ2v) is 4.65. The summed E-state index contributed by atoms with van der Waals surface area (Å²) in [6.07, 6.45) is 4.58. The summed E-state index contributed by atoms with van der Waals surface area (Å²) >= 11 is 0. The largest absolute Gasteiger partial charge is 0.496 e. The number of carbonyl (C=O) groups excluding carboxylic acids is 1. The quantitative estimate of drug-likeness (QED) is 0.737. The first-order valence-electron chi connectivity index (χ1n) is 6.68. The monoisotopic (exact) mass is 311 g/mol. The van der Waals surface area contributed by atoms with Crippen molar-refractivity contribution in [2.24, 2.45) is 5.73 Å². The van der Waals surface area contributed by atoms with E-state index in [1.165, 1.54) is 24.1 Å². The Kier molecular flexibility index (Phi) is 3.63. The molecular weight excluding hydrogens is 298 g/mol. The molecule has 0 saturated carbocycles. The molecule has 0 bridgehead atoms. The second-order valence-electron chi connectivity index (χ2n) is 4.65. The minimum Gasteiger partial charge on any atom is -0.496 e. The summed E-state index contributed by atoms with van der Waals surface area (Å²) in [6, 6.07) is 6.51. The molecule has 0 spiro atoms. The van der Waals surface area contributed by atoms with E-state index in [4.69, 9.17) is 10.5 Å². The van der Waals surface area contributed by atoms with Crippen LogP contribution in [0.2, 0.25) is 0 Å². The number of aromatic nitrogens is 4. The number of hydrogen-bond donors (Lipinski definition) is 2. The lowest BCUT2D eigenvalue weighted by Gasteiger charge is -2.11. The number of ether oxygens (including phenoxy) is 1. The van der Waals surface area contributed by atoms with Crippen LogP contribution in [-0.4, -0.2) is 32.8 Å². The molecule has 0 radical (unpaired) electrons. The van der Waals surface area contributed by atoms with Crippen LogP contribution in [0.25, 0.3) is 17.1 Å². The lowest BCUT2D eigenvalue weighted by Crippen LogP contribution is -2.18. The van der Waals surface area contributed by atoms with Crippen LogP contribution in [0.3, 0.4) is 0 Å². The van der Waals surface area contributed by atoms with Gasteiger partial charge in [0.05, 0.1) is 18.2 Å². The van der Waals surface area contributed by atoms with E-state index in [9.17, 15) is 9.59 Å². The third-order valence-corrected chi connectivity index (χ3v) is 3.29. The molecule has 1 amide bonds. The molecule has 0 saturated heterocycles. The molecule has 2 heterocycles. The molecule has 8 nitrogen and oxygen atoms in total. The third kappa shape index (κ3) is 2.57. The zero-order valence-corrected chi connectivity index (χ0v) is 12.2. The Bertz CT molecular complexity index is 915. The van der Waals surface area contributed by atoms with Gasteiger partial charge < -0.3 is 10.5 Å². The van der Waals surface area contributed by atoms with Crippen LogP contribution in [0.15, 0.2) is 47.7 Å². The molecule has 2 aromatic heterocycles. The van der Waals surface area contributed by atoms with Gasteiger partial charge in [-0.3, -0.25) is 14.6 Å². The summed E-state index contributed by atoms with van der Waals surface area (Å²) < 4.78 is 6.66. The molecule has 1 aromatic carbocycles. The number of benzene rings is 1. The molecule has 8 heteroatoms. The van der Waals surface area contributed by atoms with E-state index in [1.807, 2.05) is 0 Å². The Morgan fingerprint density at radius 3 is 2.78 bits per heavy atom. The van der Waals surface area contributed by atoms with E-state index in [-0.39, 0.29) is 17.1 Å². The van der Waals surface area contributed by atoms with E-state index in [0.717, 1.165) is 0 Å². The summed E-state index contributed by atoms with van der Waals surface area (Å²) in [6.45, 7) is 0. The van der Waals surface area contributed by atoms with E-state index in [0.29, 0.717) is 11.3 Å². The maximum atomic E-state index is 12.4. The van der Waals surface area contributed by atoms with Crippen molar-refractivity contribution in [1.82, 2.24) is 19.7 Å². The lowest BCUT2D eigenvalue weighted by atomic mass is 10.0. The van der Waals surface area contributed by atoms with Gasteiger partial charge in [0.25, 0.3) is 5.56 Å². The van der Waals surface area contributed by atoms with Gasteiger partial charge in [-0.15, -0.1) is 0 Å². The number of carbonyl (C=O) groups is 1. The second kappa shape index (κ2) is 5.76. The van der Waals surface area contributed by atoms with Gasteiger partial charge in [0.1, 0.15) is 5.75 Å². The summed E-state index contributed by atoms with van der Waals surface area (Å²) in [4.78, 5) is 30.9. The SMILES string of the molecule is COc1cccc(C(N)=O)c1-c1cnc(-n2cccn2)[nH]c1=O. The fraction of sp³-hybridized carbons (Fsp3) is 0.0667. The summed E-state index contributed by atoms with van der Waals surface area (Å²) in [7, 11) is 1.45. The average Bonchev–Trinajstić information content (AvgIpc) is 3.08. The maximum Gasteiger partial charge on any atom is 0.260 e. The molecule has 3 aromatic rings. The highest BCUT2D eigenvalue weighted by atomic mass is 16.5. The van der Waals surface area contributed by atoms with Gasteiger partial charge in [0.2, 0.25) is 11.9 Å². The summed E-state index contributed by atoms with van der Waals surface area (Å²) in [5, 5.41) is 3.99. The normalized spacial score (nSPS) is 10.5. The zero-order chi connectivity index (χ0) is 16.4. The first kappa shape index (κ1) is 14.5. The predicted molar refractivity (Wildman–Crippen MR) is 82.5 cm³/mol. The van der Waals surface area contributed by atoms with Gasteiger partial charge >= 0.3 is 0 Å². The van der Waals surface area contributed by atoms with Gasteiger partial charge in [0, 0.05) is 24.2 Å². The van der Waals surface area contributed by atoms with Gasteiger partial charge in [-0.25, -0.2) is 9.67 Å². The number of primary amides is 1. The van der Waals surface area contributed by atoms with E-state index in [2.05, 4.69) is 15.1 Å². The van der Waals surface area contributed by atoms with Crippen LogP contribution in [0, 0.1) is 0 Å². The Morgan fingerprint density at radius 1 is 1.35 bits per heavy atom. The van der Waals surface area contributed by atoms with E-state index in [1.54, 1.807) is 30.6 Å². The number of aromatic amines is 1. The number of amides is 1. The first-order valence-corrected chi connectivity index (χ1v) is 6.68. The molecule has 3 rings (SSSR count). The van der Waals surface area contributed by atoms with Crippen molar-refractivity contribution >= 4 is 5.91 Å². The highest BCUT2D eigenvalue weighted by molar-refractivity contribution is 6.01. The average molecular weight is 311 g/mol. The smallest absolute Gasteiger partial charge is 0.260 e. The molecule has 0 aliphatic rings. The van der Waals surface area contributed by atoms with Crippen LogP contribution in [-0.2, 0) is 0 Å². The minimum atomic E-state index is -0.658. The Morgan fingerprint density at radius 2 is 2.17 bits per heavy atom. The summed E-state index contributed by atoms with van der Waals surface area (Å²) in [5.74, 6) is -0.0332. The van der Waals surface area contributed by atoms with Gasteiger partial charge in [0.15, 0.2) is 0 Å². The number of hydrogen-bond acceptors (Lipinski definition) is 5. The summed E-state index contributed by atoms with van der Waals surface area (Å²) in [5.41, 5.74) is 5.64. The Balaban J connectivity index is 2.20. The van der Waals surface area contributed by atoms with Gasteiger partial charge in [-0.2, -0.15) is 5.10 Å². The van der Waals surface area contributed by atoms with Crippen LogP contribution in [0.4, 0.5) is 0 Å². The van der Waals surface area contributed by atoms with E-state index < -0.39 is 11.5 Å². The molecule has 23 heavy (non-hydrogen) atoms. The first-order chi connectivity index (χ1) is 11.1. The molecular formula is C15H13N5O3. The molecule has 0 aliphatic carbocycles. The molecule has 116 valence electrons. The Hall–Kier alpha value is -3.42. The molecule has 0 unspecified atom stereocenters. The third-order valence-electron chi connectivity index (χ3n) is 3.29. The Labute approximate surface area is 130 Å². The van der Waals surface area contributed by atoms with Crippen molar-refractivity contribution < 1.29 is 9.53 Å². The molecule has 0 fully saturated rings. The number of rotatable bonds is 4. The number of H-pyrrole nitrogens is 1. The number of nitrogens with one attached hydrogen (secondary N) is 1.